The smallest absolute Gasteiger partial charge is 0.172 e. The standard InChI is InChI=1S/C21H30O3.C21H28O3/c2*1-20-6-4-14-13-5-7-21(23-8-9-24-21)11-12(13)2-3-15(14)18(20)16-10-17(16)19(20)22/h2,13-19,22H,3-11H2,1H3;2,13-18H,3-11H2,1H3/t13?,14?,15?,16?,17?,18?,19?,20-;13?,14?,15?,16?,17?,18?,20-/m00/s1. The molecule has 0 radical (unpaired) electrons. The molecule has 8 saturated carbocycles. The van der Waals surface area contributed by atoms with Crippen LogP contribution in [0, 0.1) is 81.8 Å². The second-order valence-corrected chi connectivity index (χ2v) is 19.5. The summed E-state index contributed by atoms with van der Waals surface area (Å²) >= 11 is 0. The first-order chi connectivity index (χ1) is 23.2. The third-order valence-corrected chi connectivity index (χ3v) is 17.7. The predicted molar refractivity (Wildman–Crippen MR) is 179 cm³/mol. The fourth-order valence-electron chi connectivity index (χ4n) is 15.6. The van der Waals surface area contributed by atoms with Gasteiger partial charge in [-0.15, -0.1) is 0 Å². The molecule has 2 spiro atoms. The van der Waals surface area contributed by atoms with Gasteiger partial charge in [0.25, 0.3) is 0 Å². The van der Waals surface area contributed by atoms with E-state index in [0.29, 0.717) is 23.5 Å². The van der Waals surface area contributed by atoms with Crippen LogP contribution < -0.4 is 0 Å². The lowest BCUT2D eigenvalue weighted by Gasteiger charge is -2.55. The van der Waals surface area contributed by atoms with E-state index < -0.39 is 0 Å². The molecule has 0 bridgehead atoms. The molecule has 15 atom stereocenters. The van der Waals surface area contributed by atoms with E-state index in [1.165, 1.54) is 57.8 Å². The highest BCUT2D eigenvalue weighted by Crippen LogP contribution is 2.73. The summed E-state index contributed by atoms with van der Waals surface area (Å²) in [4.78, 5) is 12.8. The summed E-state index contributed by atoms with van der Waals surface area (Å²) in [5, 5.41) is 10.8. The van der Waals surface area contributed by atoms with E-state index in [2.05, 4.69) is 26.0 Å². The molecule has 2 saturated heterocycles. The molecule has 0 amide bonds. The van der Waals surface area contributed by atoms with Crippen LogP contribution in [0.1, 0.15) is 104 Å². The van der Waals surface area contributed by atoms with Crippen molar-refractivity contribution in [2.45, 2.75) is 121 Å². The average Bonchev–Trinajstić information content (AvgIpc) is 3.91. The number of carbonyl (C=O) groups is 1. The average molecular weight is 659 g/mol. The lowest BCUT2D eigenvalue weighted by Crippen LogP contribution is -2.50. The second kappa shape index (κ2) is 10.3. The van der Waals surface area contributed by atoms with Crippen molar-refractivity contribution < 1.29 is 28.8 Å². The molecule has 10 fully saturated rings. The maximum Gasteiger partial charge on any atom is 0.172 e. The van der Waals surface area contributed by atoms with E-state index in [1.807, 2.05) is 0 Å². The first kappa shape index (κ1) is 30.6. The van der Waals surface area contributed by atoms with Gasteiger partial charge in [-0.3, -0.25) is 4.79 Å². The number of hydrogen-bond donors (Lipinski definition) is 1. The van der Waals surface area contributed by atoms with Crippen molar-refractivity contribution >= 4 is 5.78 Å². The molecule has 2 heterocycles. The number of allylic oxidation sites excluding steroid dienone is 2. The number of fused-ring (bicyclic) bond motifs is 14. The van der Waals surface area contributed by atoms with Crippen LogP contribution in [0.2, 0.25) is 0 Å². The van der Waals surface area contributed by atoms with E-state index in [-0.39, 0.29) is 28.5 Å². The van der Waals surface area contributed by atoms with Gasteiger partial charge >= 0.3 is 0 Å². The zero-order valence-electron chi connectivity index (χ0n) is 29.4. The highest BCUT2D eigenvalue weighted by molar-refractivity contribution is 5.92. The minimum atomic E-state index is -0.288. The molecule has 0 aromatic rings. The van der Waals surface area contributed by atoms with E-state index in [9.17, 15) is 9.90 Å². The van der Waals surface area contributed by atoms with Crippen molar-refractivity contribution in [3.8, 4) is 0 Å². The van der Waals surface area contributed by atoms with Gasteiger partial charge in [-0.1, -0.05) is 37.1 Å². The molecule has 12 aliphatic rings. The van der Waals surface area contributed by atoms with Crippen LogP contribution in [0.25, 0.3) is 0 Å². The maximum atomic E-state index is 12.8. The molecule has 10 aliphatic carbocycles. The molecule has 262 valence electrons. The Hall–Kier alpha value is -1.05. The first-order valence-electron chi connectivity index (χ1n) is 20.4. The summed E-state index contributed by atoms with van der Waals surface area (Å²) < 4.78 is 24.0. The molecule has 0 aromatic carbocycles. The molecular formula is C42H58O6. The Morgan fingerprint density at radius 2 is 1.17 bits per heavy atom. The van der Waals surface area contributed by atoms with E-state index >= 15 is 0 Å². The van der Waals surface area contributed by atoms with Crippen LogP contribution in [0.3, 0.4) is 0 Å². The van der Waals surface area contributed by atoms with Gasteiger partial charge in [0.2, 0.25) is 0 Å². The maximum absolute atomic E-state index is 12.8. The molecule has 13 unspecified atom stereocenters. The number of aliphatic hydroxyl groups excluding tert-OH is 1. The minimum Gasteiger partial charge on any atom is -0.392 e. The van der Waals surface area contributed by atoms with Crippen LogP contribution >= 0.6 is 0 Å². The van der Waals surface area contributed by atoms with Gasteiger partial charge in [0.15, 0.2) is 11.6 Å². The summed E-state index contributed by atoms with van der Waals surface area (Å²) in [7, 11) is 0. The summed E-state index contributed by atoms with van der Waals surface area (Å²) in [6.07, 6.45) is 21.6. The van der Waals surface area contributed by atoms with Crippen molar-refractivity contribution in [2.75, 3.05) is 26.4 Å². The Balaban J connectivity index is 0.000000117. The Morgan fingerprint density at radius 1 is 0.604 bits per heavy atom. The lowest BCUT2D eigenvalue weighted by atomic mass is 9.51. The van der Waals surface area contributed by atoms with E-state index in [1.54, 1.807) is 11.1 Å². The molecule has 12 rings (SSSR count). The number of rotatable bonds is 0. The minimum absolute atomic E-state index is 0.0197. The highest BCUT2D eigenvalue weighted by Gasteiger charge is 2.70. The van der Waals surface area contributed by atoms with Crippen molar-refractivity contribution in [1.82, 2.24) is 0 Å². The van der Waals surface area contributed by atoms with Crippen LogP contribution in [-0.2, 0) is 23.7 Å². The quantitative estimate of drug-likeness (QED) is 0.277. The largest absolute Gasteiger partial charge is 0.392 e. The molecule has 48 heavy (non-hydrogen) atoms. The molecular weight excluding hydrogens is 600 g/mol. The van der Waals surface area contributed by atoms with Gasteiger partial charge in [0.1, 0.15) is 5.78 Å². The van der Waals surface area contributed by atoms with Crippen molar-refractivity contribution in [3.63, 3.8) is 0 Å². The fraction of sp³-hybridized carbons (Fsp3) is 0.881. The van der Waals surface area contributed by atoms with Crippen molar-refractivity contribution in [2.24, 2.45) is 81.8 Å². The third-order valence-electron chi connectivity index (χ3n) is 17.7. The SMILES string of the molecule is C[C@]12CCC3C4CCC5(CC4=CCC3C1C1CC1C2=O)OCCO5.C[C@]12CCC3C4CCC5(CC4=CCC3C1C1CC1C2O)OCCO5. The monoisotopic (exact) mass is 658 g/mol. The number of Topliss-reactive ketones (excluding diaryl/α,β-unsaturated/α-hetero) is 1. The van der Waals surface area contributed by atoms with Crippen molar-refractivity contribution in [3.05, 3.63) is 23.3 Å². The predicted octanol–water partition coefficient (Wildman–Crippen LogP) is 7.25. The zero-order valence-corrected chi connectivity index (χ0v) is 29.4. The molecule has 1 N–H and O–H groups in total. The zero-order chi connectivity index (χ0) is 32.2. The lowest BCUT2D eigenvalue weighted by molar-refractivity contribution is -0.177. The van der Waals surface area contributed by atoms with E-state index in [4.69, 9.17) is 18.9 Å². The number of ether oxygens (including phenoxy) is 4. The number of ketones is 1. The topological polar surface area (TPSA) is 74.2 Å². The highest BCUT2D eigenvalue weighted by atomic mass is 16.7. The summed E-state index contributed by atoms with van der Waals surface area (Å²) in [5.74, 6) is 8.94. The molecule has 6 nitrogen and oxygen atoms in total. The molecule has 6 heteroatoms. The van der Waals surface area contributed by atoms with Gasteiger partial charge < -0.3 is 24.1 Å². The Labute approximate surface area is 287 Å². The van der Waals surface area contributed by atoms with Gasteiger partial charge in [-0.25, -0.2) is 0 Å². The van der Waals surface area contributed by atoms with Gasteiger partial charge in [0, 0.05) is 37.0 Å². The Bertz CT molecular complexity index is 1440. The van der Waals surface area contributed by atoms with Gasteiger partial charge in [-0.2, -0.15) is 0 Å². The first-order valence-corrected chi connectivity index (χ1v) is 20.4. The number of hydrogen-bond acceptors (Lipinski definition) is 6. The van der Waals surface area contributed by atoms with Crippen LogP contribution in [0.4, 0.5) is 0 Å². The summed E-state index contributed by atoms with van der Waals surface area (Å²) in [6.45, 7) is 7.76. The van der Waals surface area contributed by atoms with Gasteiger partial charge in [0.05, 0.1) is 32.5 Å². The number of aliphatic hydroxyl groups is 1. The Kier molecular flexibility index (Phi) is 6.56. The van der Waals surface area contributed by atoms with E-state index in [0.717, 1.165) is 112 Å². The Morgan fingerprint density at radius 3 is 1.77 bits per heavy atom. The summed E-state index contributed by atoms with van der Waals surface area (Å²) in [6, 6.07) is 0. The van der Waals surface area contributed by atoms with Crippen molar-refractivity contribution in [1.29, 1.82) is 0 Å². The van der Waals surface area contributed by atoms with Gasteiger partial charge in [-0.05, 0) is 135 Å². The second-order valence-electron chi connectivity index (χ2n) is 19.5. The third kappa shape index (κ3) is 4.13. The number of carbonyl (C=O) groups excluding carboxylic acids is 1. The molecule has 2 aliphatic heterocycles. The van der Waals surface area contributed by atoms with Crippen LogP contribution in [0.5, 0.6) is 0 Å². The van der Waals surface area contributed by atoms with Crippen LogP contribution in [0.15, 0.2) is 23.3 Å². The summed E-state index contributed by atoms with van der Waals surface area (Å²) in [5.41, 5.74) is 3.49. The molecule has 0 aromatic heterocycles. The normalized spacial score (nSPS) is 55.4. The fourth-order valence-corrected chi connectivity index (χ4v) is 15.6. The van der Waals surface area contributed by atoms with Crippen LogP contribution in [-0.4, -0.2) is 55.0 Å².